The number of hydrogen-bond donors (Lipinski definition) is 0. The molecule has 0 aromatic carbocycles. The van der Waals surface area contributed by atoms with Crippen LogP contribution in [-0.4, -0.2) is 40.9 Å². The summed E-state index contributed by atoms with van der Waals surface area (Å²) >= 11 is 0. The molecule has 0 spiro atoms. The van der Waals surface area contributed by atoms with E-state index in [0.717, 1.165) is 25.7 Å². The van der Waals surface area contributed by atoms with E-state index in [1.165, 1.54) is 0 Å². The van der Waals surface area contributed by atoms with E-state index in [9.17, 15) is 4.79 Å². The fourth-order valence-electron chi connectivity index (χ4n) is 3.17. The van der Waals surface area contributed by atoms with Crippen LogP contribution in [-0.2, 0) is 9.47 Å². The zero-order chi connectivity index (χ0) is 12.2. The molecule has 96 valence electrons. The molecule has 4 heteroatoms. The minimum absolute atomic E-state index is 0.133. The van der Waals surface area contributed by atoms with Crippen LogP contribution in [0.1, 0.15) is 46.5 Å². The highest BCUT2D eigenvalue weighted by atomic mass is 16.6. The molecule has 4 atom stereocenters. The Bertz CT molecular complexity index is 318. The van der Waals surface area contributed by atoms with Gasteiger partial charge in [0.2, 0.25) is 0 Å². The van der Waals surface area contributed by atoms with E-state index in [-0.39, 0.29) is 6.09 Å². The summed E-state index contributed by atoms with van der Waals surface area (Å²) in [6.45, 7) is 5.77. The average molecular weight is 239 g/mol. The number of rotatable bonds is 0. The Balaban J connectivity index is 1.72. The number of fused-ring (bicyclic) bond motifs is 3. The fourth-order valence-corrected chi connectivity index (χ4v) is 3.17. The molecule has 1 amide bonds. The number of nitrogens with zero attached hydrogens (tertiary/aromatic N) is 1. The van der Waals surface area contributed by atoms with Gasteiger partial charge in [-0.05, 0) is 46.5 Å². The Morgan fingerprint density at radius 1 is 1.18 bits per heavy atom. The number of carbonyl (C=O) groups is 1. The molecule has 0 radical (unpaired) electrons. The van der Waals surface area contributed by atoms with Gasteiger partial charge in [-0.3, -0.25) is 0 Å². The molecule has 0 saturated carbocycles. The third kappa shape index (κ3) is 2.15. The molecule has 3 rings (SSSR count). The van der Waals surface area contributed by atoms with Crippen molar-refractivity contribution in [3.05, 3.63) is 0 Å². The van der Waals surface area contributed by atoms with Crippen molar-refractivity contribution in [2.45, 2.75) is 76.3 Å². The van der Waals surface area contributed by atoms with E-state index < -0.39 is 5.60 Å². The Morgan fingerprint density at radius 3 is 2.18 bits per heavy atom. The Hall–Kier alpha value is -0.770. The summed E-state index contributed by atoms with van der Waals surface area (Å²) in [5, 5.41) is 0. The highest BCUT2D eigenvalue weighted by Crippen LogP contribution is 2.43. The van der Waals surface area contributed by atoms with E-state index in [2.05, 4.69) is 0 Å². The van der Waals surface area contributed by atoms with Crippen molar-refractivity contribution in [2.24, 2.45) is 0 Å². The van der Waals surface area contributed by atoms with Crippen LogP contribution in [0.2, 0.25) is 0 Å². The van der Waals surface area contributed by atoms with E-state index in [1.807, 2.05) is 25.7 Å². The lowest BCUT2D eigenvalue weighted by Gasteiger charge is -2.31. The number of epoxide rings is 1. The third-order valence-corrected chi connectivity index (χ3v) is 3.92. The van der Waals surface area contributed by atoms with E-state index in [1.54, 1.807) is 0 Å². The van der Waals surface area contributed by atoms with Gasteiger partial charge < -0.3 is 14.4 Å². The molecule has 3 saturated heterocycles. The van der Waals surface area contributed by atoms with Gasteiger partial charge in [0.1, 0.15) is 5.60 Å². The van der Waals surface area contributed by atoms with Gasteiger partial charge in [0.05, 0.1) is 12.2 Å². The first-order chi connectivity index (χ1) is 7.94. The Kier molecular flexibility index (Phi) is 2.41. The lowest BCUT2D eigenvalue weighted by Crippen LogP contribution is -2.44. The minimum Gasteiger partial charge on any atom is -0.444 e. The number of carbonyl (C=O) groups excluding carboxylic acids is 1. The van der Waals surface area contributed by atoms with Crippen LogP contribution in [0.4, 0.5) is 4.79 Å². The third-order valence-electron chi connectivity index (χ3n) is 3.92. The van der Waals surface area contributed by atoms with Gasteiger partial charge in [-0.2, -0.15) is 0 Å². The molecular formula is C13H21NO3. The van der Waals surface area contributed by atoms with Crippen LogP contribution in [0, 0.1) is 0 Å². The van der Waals surface area contributed by atoms with Crippen LogP contribution in [0.3, 0.4) is 0 Å². The summed E-state index contributed by atoms with van der Waals surface area (Å²) in [5.41, 5.74) is -0.401. The fraction of sp³-hybridized carbons (Fsp3) is 0.923. The molecule has 0 aromatic rings. The zero-order valence-electron chi connectivity index (χ0n) is 10.8. The van der Waals surface area contributed by atoms with Gasteiger partial charge in [0.15, 0.2) is 0 Å². The molecule has 4 unspecified atom stereocenters. The quantitative estimate of drug-likeness (QED) is 0.609. The van der Waals surface area contributed by atoms with Gasteiger partial charge in [-0.15, -0.1) is 0 Å². The van der Waals surface area contributed by atoms with Crippen LogP contribution in [0.5, 0.6) is 0 Å². The normalized spacial score (nSPS) is 39.6. The number of amides is 1. The van der Waals surface area contributed by atoms with Crippen molar-refractivity contribution in [1.29, 1.82) is 0 Å². The Morgan fingerprint density at radius 2 is 1.71 bits per heavy atom. The topological polar surface area (TPSA) is 42.1 Å². The molecule has 0 aliphatic carbocycles. The minimum atomic E-state index is -0.401. The van der Waals surface area contributed by atoms with Crippen molar-refractivity contribution < 1.29 is 14.3 Å². The average Bonchev–Trinajstić information content (AvgIpc) is 2.69. The number of ether oxygens (including phenoxy) is 2. The molecule has 3 heterocycles. The van der Waals surface area contributed by atoms with Crippen molar-refractivity contribution in [3.8, 4) is 0 Å². The molecule has 2 bridgehead atoms. The molecule has 3 aliphatic heterocycles. The monoisotopic (exact) mass is 239 g/mol. The predicted molar refractivity (Wildman–Crippen MR) is 62.8 cm³/mol. The van der Waals surface area contributed by atoms with Crippen LogP contribution in [0.25, 0.3) is 0 Å². The maximum atomic E-state index is 12.2. The molecule has 4 nitrogen and oxygen atoms in total. The van der Waals surface area contributed by atoms with Crippen molar-refractivity contribution >= 4 is 6.09 Å². The standard InChI is InChI=1S/C13H21NO3/c1-13(2,3)17-12(15)14-8-4-5-9(14)7-11-10(6-8)16-11/h8-11H,4-7H2,1-3H3. The molecular weight excluding hydrogens is 218 g/mol. The second-order valence-electron chi connectivity index (χ2n) is 6.46. The zero-order valence-corrected chi connectivity index (χ0v) is 10.8. The van der Waals surface area contributed by atoms with Crippen molar-refractivity contribution in [2.75, 3.05) is 0 Å². The largest absolute Gasteiger partial charge is 0.444 e. The van der Waals surface area contributed by atoms with E-state index >= 15 is 0 Å². The summed E-state index contributed by atoms with van der Waals surface area (Å²) in [7, 11) is 0. The Labute approximate surface area is 102 Å². The van der Waals surface area contributed by atoms with Crippen LogP contribution in [0.15, 0.2) is 0 Å². The lowest BCUT2D eigenvalue weighted by atomic mass is 10.0. The molecule has 0 N–H and O–H groups in total. The van der Waals surface area contributed by atoms with Gasteiger partial charge in [0.25, 0.3) is 0 Å². The first kappa shape index (κ1) is 11.3. The second-order valence-corrected chi connectivity index (χ2v) is 6.46. The van der Waals surface area contributed by atoms with E-state index in [0.29, 0.717) is 24.3 Å². The highest BCUT2D eigenvalue weighted by Gasteiger charge is 2.52. The number of hydrogen-bond acceptors (Lipinski definition) is 3. The first-order valence-electron chi connectivity index (χ1n) is 6.61. The molecule has 3 aliphatic rings. The highest BCUT2D eigenvalue weighted by molar-refractivity contribution is 5.69. The van der Waals surface area contributed by atoms with Gasteiger partial charge in [-0.1, -0.05) is 0 Å². The van der Waals surface area contributed by atoms with Crippen molar-refractivity contribution in [3.63, 3.8) is 0 Å². The van der Waals surface area contributed by atoms with Crippen LogP contribution < -0.4 is 0 Å². The smallest absolute Gasteiger partial charge is 0.410 e. The van der Waals surface area contributed by atoms with Crippen LogP contribution >= 0.6 is 0 Å². The van der Waals surface area contributed by atoms with Crippen molar-refractivity contribution in [1.82, 2.24) is 4.90 Å². The maximum absolute atomic E-state index is 12.2. The summed E-state index contributed by atoms with van der Waals surface area (Å²) < 4.78 is 11.1. The predicted octanol–water partition coefficient (Wildman–Crippen LogP) is 2.32. The maximum Gasteiger partial charge on any atom is 0.410 e. The molecule has 3 fully saturated rings. The summed E-state index contributed by atoms with van der Waals surface area (Å²) in [5.74, 6) is 0. The first-order valence-corrected chi connectivity index (χ1v) is 6.61. The summed E-state index contributed by atoms with van der Waals surface area (Å²) in [4.78, 5) is 14.2. The molecule has 17 heavy (non-hydrogen) atoms. The summed E-state index contributed by atoms with van der Waals surface area (Å²) in [6, 6.07) is 0.680. The molecule has 0 aromatic heterocycles. The van der Waals surface area contributed by atoms with E-state index in [4.69, 9.17) is 9.47 Å². The van der Waals surface area contributed by atoms with Gasteiger partial charge in [0, 0.05) is 12.1 Å². The SMILES string of the molecule is CC(C)(C)OC(=O)N1C2CCC1CC1OC1C2. The van der Waals surface area contributed by atoms with Gasteiger partial charge >= 0.3 is 6.09 Å². The summed E-state index contributed by atoms with van der Waals surface area (Å²) in [6.07, 6.45) is 4.91. The van der Waals surface area contributed by atoms with Gasteiger partial charge in [-0.25, -0.2) is 4.79 Å². The lowest BCUT2D eigenvalue weighted by molar-refractivity contribution is 0.0124. The second kappa shape index (κ2) is 3.61.